The number of pyridine rings is 2. The first-order valence-electron chi connectivity index (χ1n) is 16.4. The van der Waals surface area contributed by atoms with Crippen LogP contribution in [0.4, 0.5) is 0 Å². The zero-order chi connectivity index (χ0) is 33.1. The standard InChI is InChI=1S/C43H42N2S2/c1-26-32(38-11-9-21-46-38)18-17-30(42(3,4)5)23-33(26)36-19-15-28-13-14-29-16-20-37(45-41(29)40(28)44-36)34-24-31(43(6,7)8)25-35(27(34)2)39-12-10-22-47-39/h9-17,19-25H,18H2,1-8H3. The second-order valence-corrected chi connectivity index (χ2v) is 16.7. The Kier molecular flexibility index (Phi) is 7.93. The average molecular weight is 651 g/mol. The highest BCUT2D eigenvalue weighted by Crippen LogP contribution is 2.42. The highest BCUT2D eigenvalue weighted by atomic mass is 32.1. The lowest BCUT2D eigenvalue weighted by Crippen LogP contribution is -2.12. The van der Waals surface area contributed by atoms with Crippen molar-refractivity contribution in [2.75, 3.05) is 0 Å². The molecule has 4 heteroatoms. The van der Waals surface area contributed by atoms with Crippen LogP contribution in [0, 0.1) is 12.3 Å². The smallest absolute Gasteiger partial charge is 0.0972 e. The average Bonchev–Trinajstić information content (AvgIpc) is 3.74. The summed E-state index contributed by atoms with van der Waals surface area (Å²) in [5.41, 5.74) is 14.1. The Morgan fingerprint density at radius 1 is 0.638 bits per heavy atom. The van der Waals surface area contributed by atoms with Crippen molar-refractivity contribution >= 4 is 55.6 Å². The zero-order valence-corrected chi connectivity index (χ0v) is 30.3. The summed E-state index contributed by atoms with van der Waals surface area (Å²) in [6.07, 6.45) is 5.71. The van der Waals surface area contributed by atoms with Gasteiger partial charge in [-0.15, -0.1) is 22.7 Å². The number of rotatable bonds is 4. The van der Waals surface area contributed by atoms with Gasteiger partial charge < -0.3 is 0 Å². The van der Waals surface area contributed by atoms with Crippen LogP contribution in [-0.2, 0) is 5.41 Å². The van der Waals surface area contributed by atoms with E-state index in [0.717, 1.165) is 39.6 Å². The predicted molar refractivity (Wildman–Crippen MR) is 206 cm³/mol. The van der Waals surface area contributed by atoms with Gasteiger partial charge in [-0.2, -0.15) is 0 Å². The number of benzene rings is 2. The van der Waals surface area contributed by atoms with Gasteiger partial charge in [0.15, 0.2) is 0 Å². The third-order valence-corrected chi connectivity index (χ3v) is 11.3. The largest absolute Gasteiger partial charge is 0.245 e. The van der Waals surface area contributed by atoms with Crippen LogP contribution in [0.15, 0.2) is 107 Å². The van der Waals surface area contributed by atoms with Crippen molar-refractivity contribution in [3.8, 4) is 21.7 Å². The fraction of sp³-hybridized carbons (Fsp3) is 0.256. The van der Waals surface area contributed by atoms with E-state index in [1.54, 1.807) is 11.3 Å². The van der Waals surface area contributed by atoms with Gasteiger partial charge in [0.1, 0.15) is 0 Å². The number of nitrogens with zero attached hydrogens (tertiary/aromatic N) is 2. The van der Waals surface area contributed by atoms with Crippen molar-refractivity contribution in [3.05, 3.63) is 129 Å². The summed E-state index contributed by atoms with van der Waals surface area (Å²) in [7, 11) is 0. The lowest BCUT2D eigenvalue weighted by atomic mass is 9.82. The van der Waals surface area contributed by atoms with E-state index in [1.807, 2.05) is 11.3 Å². The molecule has 47 heavy (non-hydrogen) atoms. The molecule has 4 aromatic heterocycles. The summed E-state index contributed by atoms with van der Waals surface area (Å²) in [4.78, 5) is 13.5. The Bertz CT molecular complexity index is 2230. The Morgan fingerprint density at radius 3 is 1.81 bits per heavy atom. The van der Waals surface area contributed by atoms with Crippen LogP contribution in [0.1, 0.15) is 76.6 Å². The van der Waals surface area contributed by atoms with Crippen LogP contribution in [0.2, 0.25) is 0 Å². The molecule has 2 aromatic carbocycles. The predicted octanol–water partition coefficient (Wildman–Crippen LogP) is 13.1. The van der Waals surface area contributed by atoms with Crippen molar-refractivity contribution in [3.63, 3.8) is 0 Å². The summed E-state index contributed by atoms with van der Waals surface area (Å²) in [5.74, 6) is 0. The molecule has 4 heterocycles. The highest BCUT2D eigenvalue weighted by molar-refractivity contribution is 7.13. The van der Waals surface area contributed by atoms with Crippen molar-refractivity contribution in [1.29, 1.82) is 0 Å². The summed E-state index contributed by atoms with van der Waals surface area (Å²) in [6, 6.07) is 26.6. The molecule has 2 nitrogen and oxygen atoms in total. The number of hydrogen-bond donors (Lipinski definition) is 0. The fourth-order valence-electron chi connectivity index (χ4n) is 6.54. The number of thiophene rings is 2. The third kappa shape index (κ3) is 5.94. The summed E-state index contributed by atoms with van der Waals surface area (Å²) >= 11 is 3.60. The first-order chi connectivity index (χ1) is 22.4. The molecule has 0 aliphatic heterocycles. The molecule has 1 aliphatic rings. The van der Waals surface area contributed by atoms with E-state index in [4.69, 9.17) is 9.97 Å². The minimum Gasteiger partial charge on any atom is -0.245 e. The second kappa shape index (κ2) is 11.8. The number of allylic oxidation sites excluding steroid dienone is 6. The summed E-state index contributed by atoms with van der Waals surface area (Å²) < 4.78 is 0. The quantitative estimate of drug-likeness (QED) is 0.177. The molecule has 0 saturated heterocycles. The Balaban J connectivity index is 1.44. The monoisotopic (exact) mass is 650 g/mol. The van der Waals surface area contributed by atoms with Gasteiger partial charge in [-0.05, 0) is 118 Å². The molecular formula is C43H42N2S2. The van der Waals surface area contributed by atoms with Crippen LogP contribution in [0.5, 0.6) is 0 Å². The van der Waals surface area contributed by atoms with E-state index in [2.05, 4.69) is 151 Å². The Labute approximate surface area is 287 Å². The van der Waals surface area contributed by atoms with E-state index in [-0.39, 0.29) is 10.8 Å². The molecular weight excluding hydrogens is 609 g/mol. The van der Waals surface area contributed by atoms with Gasteiger partial charge in [0.2, 0.25) is 0 Å². The topological polar surface area (TPSA) is 25.8 Å². The molecule has 0 fully saturated rings. The number of fused-ring (bicyclic) bond motifs is 3. The van der Waals surface area contributed by atoms with Crippen LogP contribution >= 0.6 is 22.7 Å². The molecule has 0 bridgehead atoms. The van der Waals surface area contributed by atoms with Crippen LogP contribution in [-0.4, -0.2) is 9.97 Å². The number of aromatic nitrogens is 2. The molecule has 0 unspecified atom stereocenters. The minimum absolute atomic E-state index is 0.00853. The van der Waals surface area contributed by atoms with E-state index in [0.29, 0.717) is 0 Å². The van der Waals surface area contributed by atoms with Gasteiger partial charge in [-0.1, -0.05) is 84.0 Å². The lowest BCUT2D eigenvalue weighted by molar-refractivity contribution is 0.516. The van der Waals surface area contributed by atoms with E-state index >= 15 is 0 Å². The second-order valence-electron chi connectivity index (χ2n) is 14.8. The first kappa shape index (κ1) is 31.5. The summed E-state index contributed by atoms with van der Waals surface area (Å²) in [6.45, 7) is 18.3. The third-order valence-electron chi connectivity index (χ3n) is 9.50. The molecule has 0 N–H and O–H groups in total. The maximum Gasteiger partial charge on any atom is 0.0972 e. The van der Waals surface area contributed by atoms with Crippen molar-refractivity contribution < 1.29 is 0 Å². The lowest BCUT2D eigenvalue weighted by Gasteiger charge is -2.23. The van der Waals surface area contributed by atoms with Gasteiger partial charge in [-0.25, -0.2) is 9.97 Å². The van der Waals surface area contributed by atoms with Gasteiger partial charge >= 0.3 is 0 Å². The van der Waals surface area contributed by atoms with Gasteiger partial charge in [0.25, 0.3) is 0 Å². The minimum atomic E-state index is 0.00853. The van der Waals surface area contributed by atoms with E-state index in [1.165, 1.54) is 54.3 Å². The zero-order valence-electron chi connectivity index (χ0n) is 28.7. The van der Waals surface area contributed by atoms with Crippen molar-refractivity contribution in [2.24, 2.45) is 5.41 Å². The molecule has 1 aliphatic carbocycles. The van der Waals surface area contributed by atoms with Crippen LogP contribution in [0.25, 0.3) is 54.7 Å². The van der Waals surface area contributed by atoms with Crippen molar-refractivity contribution in [2.45, 2.75) is 67.2 Å². The molecule has 7 rings (SSSR count). The maximum atomic E-state index is 5.44. The molecule has 0 saturated carbocycles. The molecule has 0 spiro atoms. The van der Waals surface area contributed by atoms with Crippen LogP contribution < -0.4 is 0 Å². The Morgan fingerprint density at radius 2 is 1.21 bits per heavy atom. The molecule has 0 amide bonds. The van der Waals surface area contributed by atoms with Gasteiger partial charge in [-0.3, -0.25) is 0 Å². The summed E-state index contributed by atoms with van der Waals surface area (Å²) in [5, 5.41) is 6.54. The van der Waals surface area contributed by atoms with Gasteiger partial charge in [0.05, 0.1) is 22.4 Å². The molecule has 0 atom stereocenters. The van der Waals surface area contributed by atoms with E-state index in [9.17, 15) is 0 Å². The van der Waals surface area contributed by atoms with Gasteiger partial charge in [0, 0.05) is 31.7 Å². The molecule has 6 aromatic rings. The highest BCUT2D eigenvalue weighted by Gasteiger charge is 2.23. The Hall–Kier alpha value is -4.12. The normalized spacial score (nSPS) is 14.5. The first-order valence-corrected chi connectivity index (χ1v) is 18.2. The fourth-order valence-corrected chi connectivity index (χ4v) is 8.18. The SMILES string of the molecule is CC1=C(c2cccs2)CC=C(C(C)(C)C)C=C1c1ccc2ccc3ccc(-c4cc(C(C)(C)C)cc(-c5cccs5)c4C)nc3c2n1. The number of hydrogen-bond acceptors (Lipinski definition) is 4. The van der Waals surface area contributed by atoms with Crippen molar-refractivity contribution in [1.82, 2.24) is 9.97 Å². The molecule has 236 valence electrons. The molecule has 0 radical (unpaired) electrons. The van der Waals surface area contributed by atoms with E-state index < -0.39 is 0 Å². The van der Waals surface area contributed by atoms with Crippen LogP contribution in [0.3, 0.4) is 0 Å². The maximum absolute atomic E-state index is 5.44.